The molecule has 5 heteroatoms. The Hall–Kier alpha value is -7.63. The topological polar surface area (TPSA) is 56.7 Å². The summed E-state index contributed by atoms with van der Waals surface area (Å²) in [5.41, 5.74) is 12.1. The number of hydrogen-bond acceptors (Lipinski definition) is 4. The molecule has 8 aromatic carbocycles. The van der Waals surface area contributed by atoms with Gasteiger partial charge in [-0.1, -0.05) is 146 Å². The third-order valence-corrected chi connectivity index (χ3v) is 10.7. The molecule has 0 spiro atoms. The zero-order chi connectivity index (χ0) is 37.0. The molecule has 0 saturated carbocycles. The molecule has 0 saturated heterocycles. The van der Waals surface area contributed by atoms with Crippen LogP contribution in [0.25, 0.3) is 106 Å². The predicted octanol–water partition coefficient (Wildman–Crippen LogP) is 13.2. The van der Waals surface area contributed by atoms with Gasteiger partial charge in [-0.2, -0.15) is 0 Å². The van der Waals surface area contributed by atoms with Gasteiger partial charge >= 0.3 is 0 Å². The van der Waals surface area contributed by atoms with E-state index in [4.69, 9.17) is 19.4 Å². The number of fused-ring (bicyclic) bond motifs is 6. The molecule has 0 fully saturated rings. The van der Waals surface area contributed by atoms with Gasteiger partial charge in [0.05, 0.1) is 16.7 Å². The highest BCUT2D eigenvalue weighted by Crippen LogP contribution is 2.40. The molecule has 0 amide bonds. The molecule has 0 bridgehead atoms. The summed E-state index contributed by atoms with van der Waals surface area (Å²) in [7, 11) is 0. The van der Waals surface area contributed by atoms with Gasteiger partial charge in [0.2, 0.25) is 0 Å². The van der Waals surface area contributed by atoms with Crippen LogP contribution in [0.15, 0.2) is 199 Å². The Balaban J connectivity index is 1.18. The highest BCUT2D eigenvalue weighted by Gasteiger charge is 2.21. The Morgan fingerprint density at radius 3 is 1.61 bits per heavy atom. The van der Waals surface area contributed by atoms with E-state index in [0.717, 1.165) is 66.5 Å². The van der Waals surface area contributed by atoms with Crippen LogP contribution in [0.2, 0.25) is 0 Å². The Morgan fingerprint density at radius 1 is 0.321 bits per heavy atom. The molecular weight excluding hydrogens is 685 g/mol. The van der Waals surface area contributed by atoms with Crippen molar-refractivity contribution >= 4 is 43.7 Å². The summed E-state index contributed by atoms with van der Waals surface area (Å²) in [5, 5.41) is 4.50. The molecular formula is C51H32N4O. The van der Waals surface area contributed by atoms with E-state index in [0.29, 0.717) is 17.5 Å². The lowest BCUT2D eigenvalue weighted by molar-refractivity contribution is 0.669. The number of rotatable bonds is 6. The van der Waals surface area contributed by atoms with E-state index in [1.54, 1.807) is 0 Å². The fraction of sp³-hybridized carbons (Fsp3) is 0. The van der Waals surface area contributed by atoms with E-state index in [1.807, 2.05) is 54.6 Å². The van der Waals surface area contributed by atoms with Crippen molar-refractivity contribution in [2.75, 3.05) is 0 Å². The van der Waals surface area contributed by atoms with E-state index in [9.17, 15) is 0 Å². The monoisotopic (exact) mass is 716 g/mol. The SMILES string of the molecule is c1ccc(-c2ccc(-c3nc(-c4ccccc4)nc(-c4ccc5c(c4)oc4ccccc45)n3)c(-n3c4ccccc4c4cc(-c5ccccc5)ccc43)c2)cc1. The van der Waals surface area contributed by atoms with E-state index in [1.165, 1.54) is 21.9 Å². The van der Waals surface area contributed by atoms with E-state index in [-0.39, 0.29) is 0 Å². The molecule has 3 aromatic heterocycles. The zero-order valence-corrected chi connectivity index (χ0v) is 30.2. The van der Waals surface area contributed by atoms with Crippen LogP contribution in [0.5, 0.6) is 0 Å². The Morgan fingerprint density at radius 2 is 0.857 bits per heavy atom. The molecule has 0 aliphatic rings. The molecule has 0 aliphatic carbocycles. The van der Waals surface area contributed by atoms with Crippen molar-refractivity contribution in [1.82, 2.24) is 19.5 Å². The fourth-order valence-corrected chi connectivity index (χ4v) is 7.97. The molecule has 0 aliphatic heterocycles. The largest absolute Gasteiger partial charge is 0.456 e. The highest BCUT2D eigenvalue weighted by atomic mass is 16.3. The number of benzene rings is 8. The van der Waals surface area contributed by atoms with Crippen molar-refractivity contribution in [3.05, 3.63) is 194 Å². The van der Waals surface area contributed by atoms with Crippen molar-refractivity contribution in [2.45, 2.75) is 0 Å². The van der Waals surface area contributed by atoms with E-state index >= 15 is 0 Å². The second kappa shape index (κ2) is 13.0. The summed E-state index contributed by atoms with van der Waals surface area (Å²) < 4.78 is 8.68. The summed E-state index contributed by atoms with van der Waals surface area (Å²) in [6.45, 7) is 0. The summed E-state index contributed by atoms with van der Waals surface area (Å²) >= 11 is 0. The van der Waals surface area contributed by atoms with Crippen LogP contribution in [0.1, 0.15) is 0 Å². The first-order chi connectivity index (χ1) is 27.7. The van der Waals surface area contributed by atoms with Crippen LogP contribution in [-0.4, -0.2) is 19.5 Å². The number of aromatic nitrogens is 4. The average molecular weight is 717 g/mol. The summed E-state index contributed by atoms with van der Waals surface area (Å²) in [6, 6.07) is 67.6. The Bertz CT molecular complexity index is 3240. The minimum Gasteiger partial charge on any atom is -0.456 e. The molecule has 56 heavy (non-hydrogen) atoms. The van der Waals surface area contributed by atoms with Crippen molar-refractivity contribution in [2.24, 2.45) is 0 Å². The maximum absolute atomic E-state index is 6.31. The lowest BCUT2D eigenvalue weighted by Crippen LogP contribution is -2.04. The van der Waals surface area contributed by atoms with Gasteiger partial charge in [-0.25, -0.2) is 15.0 Å². The molecule has 262 valence electrons. The molecule has 11 rings (SSSR count). The summed E-state index contributed by atoms with van der Waals surface area (Å²) in [5.74, 6) is 1.76. The Labute approximate surface area is 322 Å². The van der Waals surface area contributed by atoms with Crippen LogP contribution in [0.3, 0.4) is 0 Å². The van der Waals surface area contributed by atoms with E-state index < -0.39 is 0 Å². The predicted molar refractivity (Wildman–Crippen MR) is 229 cm³/mol. The van der Waals surface area contributed by atoms with Crippen LogP contribution in [0, 0.1) is 0 Å². The Kier molecular flexibility index (Phi) is 7.42. The first-order valence-electron chi connectivity index (χ1n) is 18.8. The molecule has 0 N–H and O–H groups in total. The van der Waals surface area contributed by atoms with Crippen molar-refractivity contribution in [3.8, 4) is 62.1 Å². The number of para-hydroxylation sites is 2. The molecule has 0 radical (unpaired) electrons. The lowest BCUT2D eigenvalue weighted by atomic mass is 10.0. The number of hydrogen-bond donors (Lipinski definition) is 0. The minimum atomic E-state index is 0.573. The molecule has 5 nitrogen and oxygen atoms in total. The van der Waals surface area contributed by atoms with Crippen LogP contribution >= 0.6 is 0 Å². The van der Waals surface area contributed by atoms with E-state index in [2.05, 4.69) is 144 Å². The van der Waals surface area contributed by atoms with Gasteiger partial charge in [-0.3, -0.25) is 0 Å². The summed E-state index contributed by atoms with van der Waals surface area (Å²) in [6.07, 6.45) is 0. The van der Waals surface area contributed by atoms with Crippen molar-refractivity contribution < 1.29 is 4.42 Å². The third-order valence-electron chi connectivity index (χ3n) is 10.7. The number of nitrogens with zero attached hydrogens (tertiary/aromatic N) is 4. The molecule has 0 unspecified atom stereocenters. The average Bonchev–Trinajstić information content (AvgIpc) is 3.82. The first-order valence-corrected chi connectivity index (χ1v) is 18.8. The second-order valence-corrected chi connectivity index (χ2v) is 14.0. The maximum atomic E-state index is 6.31. The van der Waals surface area contributed by atoms with Gasteiger partial charge in [0.15, 0.2) is 17.5 Å². The van der Waals surface area contributed by atoms with Gasteiger partial charge < -0.3 is 8.98 Å². The minimum absolute atomic E-state index is 0.573. The zero-order valence-electron chi connectivity index (χ0n) is 30.2. The van der Waals surface area contributed by atoms with Gasteiger partial charge in [0, 0.05) is 38.2 Å². The van der Waals surface area contributed by atoms with Crippen molar-refractivity contribution in [1.29, 1.82) is 0 Å². The normalized spacial score (nSPS) is 11.6. The van der Waals surface area contributed by atoms with Gasteiger partial charge in [-0.05, 0) is 70.8 Å². The van der Waals surface area contributed by atoms with Crippen LogP contribution in [0.4, 0.5) is 0 Å². The molecule has 0 atom stereocenters. The quantitative estimate of drug-likeness (QED) is 0.172. The van der Waals surface area contributed by atoms with Crippen LogP contribution < -0.4 is 0 Å². The number of furan rings is 1. The lowest BCUT2D eigenvalue weighted by Gasteiger charge is -2.16. The molecule has 3 heterocycles. The summed E-state index contributed by atoms with van der Waals surface area (Å²) in [4.78, 5) is 15.6. The van der Waals surface area contributed by atoms with Crippen LogP contribution in [-0.2, 0) is 0 Å². The standard InChI is InChI=1S/C51H32N4O/c1-4-14-33(15-5-1)36-26-29-45-43(30-36)39-20-10-12-22-44(39)55(45)46-31-37(34-16-6-2-7-17-34)24-28-42(46)51-53-49(35-18-8-3-9-19-35)52-50(54-51)38-25-27-41-40-21-11-13-23-47(40)56-48(41)32-38/h1-32H. The van der Waals surface area contributed by atoms with Crippen molar-refractivity contribution in [3.63, 3.8) is 0 Å². The fourth-order valence-electron chi connectivity index (χ4n) is 7.97. The first kappa shape index (κ1) is 31.9. The highest BCUT2D eigenvalue weighted by molar-refractivity contribution is 6.11. The maximum Gasteiger partial charge on any atom is 0.166 e. The second-order valence-electron chi connectivity index (χ2n) is 14.0. The smallest absolute Gasteiger partial charge is 0.166 e. The third kappa shape index (κ3) is 5.37. The van der Waals surface area contributed by atoms with Gasteiger partial charge in [-0.15, -0.1) is 0 Å². The van der Waals surface area contributed by atoms with Gasteiger partial charge in [0.25, 0.3) is 0 Å². The molecule has 11 aromatic rings. The van der Waals surface area contributed by atoms with Gasteiger partial charge in [0.1, 0.15) is 11.2 Å².